The highest BCUT2D eigenvalue weighted by Gasteiger charge is 2.63. The lowest BCUT2D eigenvalue weighted by Crippen LogP contribution is -2.34. The first-order valence-corrected chi connectivity index (χ1v) is 4.24. The molecule has 0 saturated carbocycles. The van der Waals surface area contributed by atoms with E-state index < -0.39 is 24.0 Å². The molecule has 1 aromatic rings. The molecule has 9 heteroatoms. The lowest BCUT2D eigenvalue weighted by molar-refractivity contribution is -0.298. The zero-order valence-electron chi connectivity index (χ0n) is 8.05. The molecule has 0 bridgehead atoms. The molecule has 0 aliphatic carbocycles. The molecular formula is C7H8F5N3O. The summed E-state index contributed by atoms with van der Waals surface area (Å²) in [5.74, 6) is -7.33. The SMILES string of the molecule is CCC(N)c1noc(C(F)(F)C(F)(F)F)n1. The van der Waals surface area contributed by atoms with E-state index in [1.165, 1.54) is 0 Å². The van der Waals surface area contributed by atoms with Crippen molar-refractivity contribution in [3.8, 4) is 0 Å². The van der Waals surface area contributed by atoms with Crippen LogP contribution < -0.4 is 5.73 Å². The van der Waals surface area contributed by atoms with Crippen molar-refractivity contribution in [1.29, 1.82) is 0 Å². The average molecular weight is 245 g/mol. The first-order valence-electron chi connectivity index (χ1n) is 4.24. The van der Waals surface area contributed by atoms with Crippen LogP contribution in [0.5, 0.6) is 0 Å². The Bertz CT molecular complexity index is 361. The van der Waals surface area contributed by atoms with Crippen molar-refractivity contribution in [3.63, 3.8) is 0 Å². The lowest BCUT2D eigenvalue weighted by Gasteiger charge is -2.14. The Balaban J connectivity index is 3.02. The van der Waals surface area contributed by atoms with E-state index in [0.29, 0.717) is 0 Å². The topological polar surface area (TPSA) is 64.9 Å². The van der Waals surface area contributed by atoms with Gasteiger partial charge in [0.05, 0.1) is 6.04 Å². The summed E-state index contributed by atoms with van der Waals surface area (Å²) in [6.45, 7) is 1.60. The molecule has 0 saturated heterocycles. The molecule has 0 aromatic carbocycles. The molecule has 1 atom stereocenters. The highest BCUT2D eigenvalue weighted by Crippen LogP contribution is 2.43. The maximum atomic E-state index is 12.7. The Morgan fingerprint density at radius 3 is 2.31 bits per heavy atom. The van der Waals surface area contributed by atoms with Crippen LogP contribution in [0.15, 0.2) is 4.52 Å². The van der Waals surface area contributed by atoms with Gasteiger partial charge in [0.2, 0.25) is 0 Å². The minimum Gasteiger partial charge on any atom is -0.332 e. The maximum Gasteiger partial charge on any atom is 0.463 e. The molecule has 0 spiro atoms. The number of alkyl halides is 5. The number of nitrogens with zero attached hydrogens (tertiary/aromatic N) is 2. The first kappa shape index (κ1) is 12.8. The van der Waals surface area contributed by atoms with E-state index in [2.05, 4.69) is 14.7 Å². The van der Waals surface area contributed by atoms with E-state index >= 15 is 0 Å². The molecule has 16 heavy (non-hydrogen) atoms. The van der Waals surface area contributed by atoms with Crippen molar-refractivity contribution in [2.45, 2.75) is 31.5 Å². The van der Waals surface area contributed by atoms with Crippen LogP contribution >= 0.6 is 0 Å². The van der Waals surface area contributed by atoms with E-state index in [1.54, 1.807) is 6.92 Å². The van der Waals surface area contributed by atoms with Gasteiger partial charge in [-0.05, 0) is 6.42 Å². The number of hydrogen-bond donors (Lipinski definition) is 1. The Hall–Kier alpha value is -1.25. The smallest absolute Gasteiger partial charge is 0.332 e. The number of rotatable bonds is 3. The number of aromatic nitrogens is 2. The molecule has 0 aliphatic rings. The summed E-state index contributed by atoms with van der Waals surface area (Å²) >= 11 is 0. The fourth-order valence-corrected chi connectivity index (χ4v) is 0.817. The van der Waals surface area contributed by atoms with E-state index in [9.17, 15) is 22.0 Å². The van der Waals surface area contributed by atoms with Gasteiger partial charge < -0.3 is 10.3 Å². The van der Waals surface area contributed by atoms with Gasteiger partial charge in [0.1, 0.15) is 0 Å². The largest absolute Gasteiger partial charge is 0.463 e. The van der Waals surface area contributed by atoms with Crippen LogP contribution in [0, 0.1) is 0 Å². The van der Waals surface area contributed by atoms with E-state index in [1.807, 2.05) is 0 Å². The van der Waals surface area contributed by atoms with Crippen molar-refractivity contribution in [3.05, 3.63) is 11.7 Å². The molecule has 0 aliphatic heterocycles. The van der Waals surface area contributed by atoms with Crippen LogP contribution in [-0.4, -0.2) is 16.3 Å². The Kier molecular flexibility index (Phi) is 3.17. The molecule has 2 N–H and O–H groups in total. The van der Waals surface area contributed by atoms with Gasteiger partial charge in [0.25, 0.3) is 0 Å². The second kappa shape index (κ2) is 3.96. The van der Waals surface area contributed by atoms with Crippen LogP contribution in [0.3, 0.4) is 0 Å². The predicted octanol–water partition coefficient (Wildman–Crippen LogP) is 2.13. The third-order valence-corrected chi connectivity index (χ3v) is 1.84. The molecule has 0 fully saturated rings. The molecule has 1 unspecified atom stereocenters. The summed E-state index contributed by atoms with van der Waals surface area (Å²) in [4.78, 5) is 2.95. The van der Waals surface area contributed by atoms with Crippen LogP contribution in [-0.2, 0) is 5.92 Å². The minimum atomic E-state index is -5.77. The third-order valence-electron chi connectivity index (χ3n) is 1.84. The van der Waals surface area contributed by atoms with Crippen molar-refractivity contribution >= 4 is 0 Å². The molecular weight excluding hydrogens is 237 g/mol. The number of nitrogens with two attached hydrogens (primary N) is 1. The quantitative estimate of drug-likeness (QED) is 0.828. The third kappa shape index (κ3) is 2.13. The number of hydrogen-bond acceptors (Lipinski definition) is 4. The van der Waals surface area contributed by atoms with Crippen LogP contribution in [0.1, 0.15) is 31.1 Å². The van der Waals surface area contributed by atoms with E-state index in [0.717, 1.165) is 0 Å². The van der Waals surface area contributed by atoms with E-state index in [-0.39, 0.29) is 12.2 Å². The standard InChI is InChI=1S/C7H8F5N3O/c1-2-3(13)4-14-5(16-15-4)6(8,9)7(10,11)12/h3H,2,13H2,1H3. The molecule has 1 aromatic heterocycles. The molecule has 92 valence electrons. The van der Waals surface area contributed by atoms with Gasteiger partial charge in [-0.25, -0.2) is 0 Å². The lowest BCUT2D eigenvalue weighted by atomic mass is 10.2. The second-order valence-electron chi connectivity index (χ2n) is 3.04. The van der Waals surface area contributed by atoms with Crippen LogP contribution in [0.2, 0.25) is 0 Å². The number of halogens is 5. The second-order valence-corrected chi connectivity index (χ2v) is 3.04. The minimum absolute atomic E-state index is 0.288. The predicted molar refractivity (Wildman–Crippen MR) is 41.5 cm³/mol. The molecule has 1 heterocycles. The average Bonchev–Trinajstić information content (AvgIpc) is 2.64. The van der Waals surface area contributed by atoms with E-state index in [4.69, 9.17) is 5.73 Å². The van der Waals surface area contributed by atoms with Gasteiger partial charge >= 0.3 is 18.0 Å². The van der Waals surface area contributed by atoms with Crippen LogP contribution in [0.25, 0.3) is 0 Å². The van der Waals surface area contributed by atoms with Gasteiger partial charge in [-0.1, -0.05) is 12.1 Å². The summed E-state index contributed by atoms with van der Waals surface area (Å²) in [6.07, 6.45) is -5.48. The fraction of sp³-hybridized carbons (Fsp3) is 0.714. The fourth-order valence-electron chi connectivity index (χ4n) is 0.817. The van der Waals surface area contributed by atoms with Gasteiger partial charge in [0, 0.05) is 0 Å². The summed E-state index contributed by atoms with van der Waals surface area (Å²) in [5.41, 5.74) is 5.35. The highest BCUT2D eigenvalue weighted by molar-refractivity contribution is 5.00. The highest BCUT2D eigenvalue weighted by atomic mass is 19.4. The van der Waals surface area contributed by atoms with Crippen molar-refractivity contribution in [1.82, 2.24) is 10.1 Å². The Labute approximate surface area is 86.6 Å². The van der Waals surface area contributed by atoms with Gasteiger partial charge in [0.15, 0.2) is 5.82 Å². The molecule has 1 rings (SSSR count). The molecule has 0 amide bonds. The summed E-state index contributed by atoms with van der Waals surface area (Å²) in [6, 6.07) is -0.832. The Morgan fingerprint density at radius 2 is 1.88 bits per heavy atom. The maximum absolute atomic E-state index is 12.7. The van der Waals surface area contributed by atoms with Gasteiger partial charge in [-0.15, -0.1) is 0 Å². The van der Waals surface area contributed by atoms with Crippen molar-refractivity contribution in [2.75, 3.05) is 0 Å². The van der Waals surface area contributed by atoms with Gasteiger partial charge in [-0.3, -0.25) is 0 Å². The first-order chi connectivity index (χ1) is 7.20. The van der Waals surface area contributed by atoms with Crippen molar-refractivity contribution in [2.24, 2.45) is 5.73 Å². The monoisotopic (exact) mass is 245 g/mol. The normalized spacial score (nSPS) is 15.2. The summed E-state index contributed by atoms with van der Waals surface area (Å²) in [7, 11) is 0. The van der Waals surface area contributed by atoms with Crippen LogP contribution in [0.4, 0.5) is 22.0 Å². The van der Waals surface area contributed by atoms with Crippen molar-refractivity contribution < 1.29 is 26.5 Å². The zero-order valence-corrected chi connectivity index (χ0v) is 8.05. The summed E-state index contributed by atoms with van der Waals surface area (Å²) in [5, 5.41) is 2.98. The Morgan fingerprint density at radius 1 is 1.31 bits per heavy atom. The van der Waals surface area contributed by atoms with Gasteiger partial charge in [-0.2, -0.15) is 26.9 Å². The molecule has 0 radical (unpaired) electrons. The molecule has 4 nitrogen and oxygen atoms in total. The summed E-state index contributed by atoms with van der Waals surface area (Å²) < 4.78 is 64.9. The zero-order chi connectivity index (χ0) is 12.6.